The van der Waals surface area contributed by atoms with Gasteiger partial charge in [0.05, 0.1) is 6.54 Å². The van der Waals surface area contributed by atoms with Gasteiger partial charge >= 0.3 is 0 Å². The first-order valence-electron chi connectivity index (χ1n) is 4.72. The zero-order valence-electron chi connectivity index (χ0n) is 8.73. The summed E-state index contributed by atoms with van der Waals surface area (Å²) >= 11 is 0. The Morgan fingerprint density at radius 1 is 0.923 bits per heavy atom. The first-order chi connectivity index (χ1) is 6.13. The van der Waals surface area contributed by atoms with Gasteiger partial charge in [-0.1, -0.05) is 0 Å². The zero-order valence-corrected chi connectivity index (χ0v) is 8.73. The van der Waals surface area contributed by atoms with Crippen LogP contribution in [-0.2, 0) is 6.54 Å². The summed E-state index contributed by atoms with van der Waals surface area (Å²) in [4.78, 5) is 4.33. The van der Waals surface area contributed by atoms with Crippen molar-refractivity contribution >= 4 is 6.21 Å². The van der Waals surface area contributed by atoms with Gasteiger partial charge in [-0.25, -0.2) is 0 Å². The van der Waals surface area contributed by atoms with E-state index in [2.05, 4.69) is 32.7 Å². The second kappa shape index (κ2) is 2.69. The zero-order chi connectivity index (χ0) is 9.59. The van der Waals surface area contributed by atoms with Gasteiger partial charge in [-0.2, -0.15) is 0 Å². The third-order valence-corrected chi connectivity index (χ3v) is 3.34. The predicted molar refractivity (Wildman–Crippen MR) is 56.7 cm³/mol. The van der Waals surface area contributed by atoms with Crippen molar-refractivity contribution in [2.75, 3.05) is 0 Å². The molecular formula is C12H15N. The van der Waals surface area contributed by atoms with E-state index in [1.807, 2.05) is 6.21 Å². The van der Waals surface area contributed by atoms with Gasteiger partial charge in [0.15, 0.2) is 0 Å². The molecule has 0 amide bonds. The Balaban J connectivity index is 2.82. The van der Waals surface area contributed by atoms with Crippen molar-refractivity contribution < 1.29 is 0 Å². The lowest BCUT2D eigenvalue weighted by molar-refractivity contribution is 1.06. The lowest BCUT2D eigenvalue weighted by Crippen LogP contribution is -2.00. The number of fused-ring (bicyclic) bond motifs is 1. The minimum atomic E-state index is 0.878. The molecule has 0 N–H and O–H groups in total. The quantitative estimate of drug-likeness (QED) is 0.572. The summed E-state index contributed by atoms with van der Waals surface area (Å²) in [5.74, 6) is 0. The minimum Gasteiger partial charge on any atom is -0.288 e. The molecule has 1 nitrogen and oxygen atoms in total. The molecule has 0 aliphatic carbocycles. The lowest BCUT2D eigenvalue weighted by Gasteiger charge is -2.14. The summed E-state index contributed by atoms with van der Waals surface area (Å²) in [6, 6.07) is 0. The van der Waals surface area contributed by atoms with Crippen LogP contribution in [0.1, 0.15) is 33.4 Å². The smallest absolute Gasteiger partial charge is 0.0649 e. The number of hydrogen-bond donors (Lipinski definition) is 0. The SMILES string of the molecule is Cc1c(C)c(C)c2c(c1C)C=NC2. The van der Waals surface area contributed by atoms with Crippen LogP contribution in [0.4, 0.5) is 0 Å². The Morgan fingerprint density at radius 3 is 2.23 bits per heavy atom. The van der Waals surface area contributed by atoms with Crippen molar-refractivity contribution in [3.05, 3.63) is 33.4 Å². The maximum absolute atomic E-state index is 4.33. The van der Waals surface area contributed by atoms with E-state index in [0.717, 1.165) is 6.54 Å². The molecule has 0 fully saturated rings. The summed E-state index contributed by atoms with van der Waals surface area (Å²) in [6.07, 6.45) is 2.02. The van der Waals surface area contributed by atoms with E-state index in [0.29, 0.717) is 0 Å². The number of nitrogens with zero attached hydrogens (tertiary/aromatic N) is 1. The van der Waals surface area contributed by atoms with Gasteiger partial charge in [0.25, 0.3) is 0 Å². The molecule has 1 aromatic rings. The largest absolute Gasteiger partial charge is 0.288 e. The molecule has 13 heavy (non-hydrogen) atoms. The van der Waals surface area contributed by atoms with Gasteiger partial charge in [-0.05, 0) is 55.5 Å². The minimum absolute atomic E-state index is 0.878. The van der Waals surface area contributed by atoms with E-state index in [4.69, 9.17) is 0 Å². The highest BCUT2D eigenvalue weighted by Crippen LogP contribution is 2.28. The average molecular weight is 173 g/mol. The molecule has 0 radical (unpaired) electrons. The van der Waals surface area contributed by atoms with Gasteiger partial charge in [0, 0.05) is 11.8 Å². The van der Waals surface area contributed by atoms with Gasteiger partial charge < -0.3 is 0 Å². The van der Waals surface area contributed by atoms with E-state index in [9.17, 15) is 0 Å². The van der Waals surface area contributed by atoms with Gasteiger partial charge in [0.1, 0.15) is 0 Å². The standard InChI is InChI=1S/C12H15N/c1-7-8(2)10(4)12-6-13-5-11(12)9(7)3/h5H,6H2,1-4H3. The normalized spacial score (nSPS) is 13.5. The summed E-state index contributed by atoms with van der Waals surface area (Å²) < 4.78 is 0. The summed E-state index contributed by atoms with van der Waals surface area (Å²) in [5.41, 5.74) is 8.47. The molecule has 1 aliphatic heterocycles. The highest BCUT2D eigenvalue weighted by molar-refractivity contribution is 5.88. The molecule has 0 spiro atoms. The second-order valence-electron chi connectivity index (χ2n) is 3.86. The van der Waals surface area contributed by atoms with Crippen molar-refractivity contribution in [2.24, 2.45) is 4.99 Å². The average Bonchev–Trinajstić information content (AvgIpc) is 2.59. The van der Waals surface area contributed by atoms with Crippen LogP contribution in [-0.4, -0.2) is 6.21 Å². The summed E-state index contributed by atoms with van der Waals surface area (Å²) in [5, 5.41) is 0. The van der Waals surface area contributed by atoms with E-state index in [1.54, 1.807) is 0 Å². The Labute approximate surface area is 79.5 Å². The summed E-state index contributed by atoms with van der Waals surface area (Å²) in [6.45, 7) is 9.68. The van der Waals surface area contributed by atoms with Crippen LogP contribution in [0.25, 0.3) is 0 Å². The number of hydrogen-bond acceptors (Lipinski definition) is 1. The van der Waals surface area contributed by atoms with Crippen LogP contribution >= 0.6 is 0 Å². The monoisotopic (exact) mass is 173 g/mol. The molecular weight excluding hydrogens is 158 g/mol. The molecule has 2 rings (SSSR count). The fourth-order valence-electron chi connectivity index (χ4n) is 2.03. The Morgan fingerprint density at radius 2 is 1.54 bits per heavy atom. The molecule has 0 saturated carbocycles. The molecule has 1 heterocycles. The molecule has 0 saturated heterocycles. The fourth-order valence-corrected chi connectivity index (χ4v) is 2.03. The second-order valence-corrected chi connectivity index (χ2v) is 3.86. The maximum atomic E-state index is 4.33. The van der Waals surface area contributed by atoms with Gasteiger partial charge in [-0.15, -0.1) is 0 Å². The Kier molecular flexibility index (Phi) is 1.76. The van der Waals surface area contributed by atoms with Gasteiger partial charge in [-0.3, -0.25) is 4.99 Å². The third-order valence-electron chi connectivity index (χ3n) is 3.34. The molecule has 1 aromatic carbocycles. The third kappa shape index (κ3) is 1.03. The highest BCUT2D eigenvalue weighted by atomic mass is 14.7. The van der Waals surface area contributed by atoms with E-state index in [-0.39, 0.29) is 0 Å². The van der Waals surface area contributed by atoms with Crippen molar-refractivity contribution in [3.63, 3.8) is 0 Å². The lowest BCUT2D eigenvalue weighted by atomic mass is 9.90. The van der Waals surface area contributed by atoms with E-state index >= 15 is 0 Å². The van der Waals surface area contributed by atoms with Crippen LogP contribution in [0.2, 0.25) is 0 Å². The van der Waals surface area contributed by atoms with E-state index < -0.39 is 0 Å². The van der Waals surface area contributed by atoms with Crippen LogP contribution in [0.15, 0.2) is 4.99 Å². The molecule has 0 unspecified atom stereocenters. The molecule has 0 bridgehead atoms. The maximum Gasteiger partial charge on any atom is 0.0649 e. The predicted octanol–water partition coefficient (Wildman–Crippen LogP) is 2.85. The van der Waals surface area contributed by atoms with Crippen molar-refractivity contribution in [1.29, 1.82) is 0 Å². The Hall–Kier alpha value is -1.11. The topological polar surface area (TPSA) is 12.4 Å². The van der Waals surface area contributed by atoms with Crippen LogP contribution in [0.5, 0.6) is 0 Å². The molecule has 1 heteroatoms. The Bertz CT molecular complexity index is 400. The van der Waals surface area contributed by atoms with Crippen molar-refractivity contribution in [3.8, 4) is 0 Å². The molecule has 0 aromatic heterocycles. The van der Waals surface area contributed by atoms with Crippen LogP contribution < -0.4 is 0 Å². The summed E-state index contributed by atoms with van der Waals surface area (Å²) in [7, 11) is 0. The first kappa shape index (κ1) is 8.49. The first-order valence-corrected chi connectivity index (χ1v) is 4.72. The van der Waals surface area contributed by atoms with Crippen LogP contribution in [0, 0.1) is 27.7 Å². The molecule has 1 aliphatic rings. The highest BCUT2D eigenvalue weighted by Gasteiger charge is 2.15. The number of benzene rings is 1. The van der Waals surface area contributed by atoms with Gasteiger partial charge in [0.2, 0.25) is 0 Å². The fraction of sp³-hybridized carbons (Fsp3) is 0.417. The molecule has 68 valence electrons. The number of rotatable bonds is 0. The molecule has 0 atom stereocenters. The van der Waals surface area contributed by atoms with Crippen molar-refractivity contribution in [1.82, 2.24) is 0 Å². The van der Waals surface area contributed by atoms with E-state index in [1.165, 1.54) is 33.4 Å². The van der Waals surface area contributed by atoms with Crippen LogP contribution in [0.3, 0.4) is 0 Å². The number of aliphatic imine (C=N–C) groups is 1. The van der Waals surface area contributed by atoms with Crippen molar-refractivity contribution in [2.45, 2.75) is 34.2 Å².